The van der Waals surface area contributed by atoms with Crippen LogP contribution in [0.3, 0.4) is 0 Å². The van der Waals surface area contributed by atoms with E-state index in [1.165, 1.54) is 22.6 Å². The van der Waals surface area contributed by atoms with Crippen molar-refractivity contribution in [2.75, 3.05) is 5.73 Å². The summed E-state index contributed by atoms with van der Waals surface area (Å²) in [6, 6.07) is 1.37. The van der Waals surface area contributed by atoms with E-state index in [2.05, 4.69) is 22.8 Å². The van der Waals surface area contributed by atoms with Crippen LogP contribution >= 0.6 is 12.8 Å². The summed E-state index contributed by atoms with van der Waals surface area (Å²) < 4.78 is 1.43. The number of nitrogens with two attached hydrogens (primary N) is 1. The lowest BCUT2D eigenvalue weighted by Gasteiger charge is -2.02. The summed E-state index contributed by atoms with van der Waals surface area (Å²) in [5.74, 6) is 0.179. The van der Waals surface area contributed by atoms with Crippen LogP contribution in [0.5, 0.6) is 0 Å². The fraction of sp³-hybridized carbons (Fsp3) is 0. The van der Waals surface area contributed by atoms with Gasteiger partial charge in [-0.25, -0.2) is 9.97 Å². The summed E-state index contributed by atoms with van der Waals surface area (Å²) >= 11 is 4.08. The molecule has 0 spiro atoms. The third-order valence-electron chi connectivity index (χ3n) is 1.69. The Bertz CT molecular complexity index is 521. The maximum Gasteiger partial charge on any atom is 0.194 e. The maximum atomic E-state index is 11.3. The first-order valence-electron chi connectivity index (χ1n) is 3.51. The predicted octanol–water partition coefficient (Wildman–Crippen LogP) is 0.0666. The van der Waals surface area contributed by atoms with Gasteiger partial charge in [0.15, 0.2) is 11.1 Å². The van der Waals surface area contributed by atoms with Gasteiger partial charge in [-0.2, -0.15) is 0 Å². The second kappa shape index (κ2) is 2.74. The standard InChI is InChI=1S/C7H6N4OS/c8-6-5-4(12)1-2-11(13)7(5)10-3-9-6/h1-3,13H,(H2,8,9,10). The molecule has 0 amide bonds. The van der Waals surface area contributed by atoms with E-state index in [4.69, 9.17) is 5.73 Å². The Labute approximate surface area is 78.8 Å². The van der Waals surface area contributed by atoms with Crippen molar-refractivity contribution in [1.82, 2.24) is 13.9 Å². The molecule has 0 saturated carbocycles. The van der Waals surface area contributed by atoms with E-state index in [0.717, 1.165) is 0 Å². The smallest absolute Gasteiger partial charge is 0.194 e. The number of anilines is 1. The minimum absolute atomic E-state index is 0.179. The zero-order valence-electron chi connectivity index (χ0n) is 6.51. The summed E-state index contributed by atoms with van der Waals surface area (Å²) in [5, 5.41) is 0.306. The van der Waals surface area contributed by atoms with Crippen LogP contribution in [-0.4, -0.2) is 13.9 Å². The summed E-state index contributed by atoms with van der Waals surface area (Å²) in [6.07, 6.45) is 2.81. The number of rotatable bonds is 0. The van der Waals surface area contributed by atoms with Gasteiger partial charge in [-0.3, -0.25) is 8.77 Å². The van der Waals surface area contributed by atoms with E-state index in [9.17, 15) is 4.79 Å². The van der Waals surface area contributed by atoms with E-state index in [-0.39, 0.29) is 11.2 Å². The molecule has 5 nitrogen and oxygen atoms in total. The second-order valence-electron chi connectivity index (χ2n) is 2.48. The van der Waals surface area contributed by atoms with Gasteiger partial charge in [-0.1, -0.05) is 12.8 Å². The number of hydrogen-bond acceptors (Lipinski definition) is 5. The van der Waals surface area contributed by atoms with Gasteiger partial charge in [0.05, 0.1) is 0 Å². The lowest BCUT2D eigenvalue weighted by molar-refractivity contribution is 1.16. The van der Waals surface area contributed by atoms with Crippen LogP contribution in [-0.2, 0) is 0 Å². The molecule has 0 bridgehead atoms. The number of nitrogen functional groups attached to an aromatic ring is 1. The van der Waals surface area contributed by atoms with Crippen molar-refractivity contribution in [2.45, 2.75) is 0 Å². The molecule has 0 aliphatic rings. The molecule has 0 atom stereocenters. The van der Waals surface area contributed by atoms with E-state index < -0.39 is 0 Å². The predicted molar refractivity (Wildman–Crippen MR) is 52.6 cm³/mol. The van der Waals surface area contributed by atoms with Gasteiger partial charge in [0, 0.05) is 12.3 Å². The van der Waals surface area contributed by atoms with E-state index in [1.807, 2.05) is 0 Å². The van der Waals surface area contributed by atoms with Crippen molar-refractivity contribution in [2.24, 2.45) is 0 Å². The Balaban J connectivity index is 3.09. The first-order chi connectivity index (χ1) is 6.20. The van der Waals surface area contributed by atoms with E-state index in [0.29, 0.717) is 11.0 Å². The summed E-state index contributed by atoms with van der Waals surface area (Å²) in [7, 11) is 0. The molecule has 0 aliphatic carbocycles. The highest BCUT2D eigenvalue weighted by atomic mass is 32.1. The van der Waals surface area contributed by atoms with Crippen molar-refractivity contribution in [3.05, 3.63) is 28.8 Å². The molecular weight excluding hydrogens is 188 g/mol. The van der Waals surface area contributed by atoms with Crippen molar-refractivity contribution in [1.29, 1.82) is 0 Å². The zero-order valence-corrected chi connectivity index (χ0v) is 7.40. The quantitative estimate of drug-likeness (QED) is 0.582. The van der Waals surface area contributed by atoms with Gasteiger partial charge in [-0.15, -0.1) is 0 Å². The molecule has 0 saturated heterocycles. The Morgan fingerprint density at radius 3 is 2.92 bits per heavy atom. The van der Waals surface area contributed by atoms with Gasteiger partial charge >= 0.3 is 0 Å². The molecule has 0 unspecified atom stereocenters. The topological polar surface area (TPSA) is 73.8 Å². The van der Waals surface area contributed by atoms with Gasteiger partial charge in [-0.05, 0) is 0 Å². The van der Waals surface area contributed by atoms with Crippen LogP contribution in [0.1, 0.15) is 0 Å². The summed E-state index contributed by atoms with van der Waals surface area (Å²) in [6.45, 7) is 0. The zero-order chi connectivity index (χ0) is 9.42. The average molecular weight is 194 g/mol. The number of nitrogens with zero attached hydrogens (tertiary/aromatic N) is 3. The maximum absolute atomic E-state index is 11.3. The lowest BCUT2D eigenvalue weighted by atomic mass is 10.3. The summed E-state index contributed by atoms with van der Waals surface area (Å²) in [4.78, 5) is 19.0. The van der Waals surface area contributed by atoms with E-state index >= 15 is 0 Å². The molecule has 0 aliphatic heterocycles. The normalized spacial score (nSPS) is 10.5. The first-order valence-corrected chi connectivity index (χ1v) is 3.91. The molecule has 0 fully saturated rings. The Kier molecular flexibility index (Phi) is 1.70. The second-order valence-corrected chi connectivity index (χ2v) is 2.91. The van der Waals surface area contributed by atoms with Crippen LogP contribution in [0.25, 0.3) is 11.0 Å². The Morgan fingerprint density at radius 1 is 1.46 bits per heavy atom. The molecule has 0 radical (unpaired) electrons. The molecule has 2 aromatic heterocycles. The van der Waals surface area contributed by atoms with Gasteiger partial charge in [0.2, 0.25) is 0 Å². The number of fused-ring (bicyclic) bond motifs is 1. The van der Waals surface area contributed by atoms with Gasteiger partial charge in [0.1, 0.15) is 17.5 Å². The third-order valence-corrected chi connectivity index (χ3v) is 2.01. The molecular formula is C7H6N4OS. The highest BCUT2D eigenvalue weighted by Crippen LogP contribution is 2.11. The molecule has 0 aromatic carbocycles. The molecule has 2 aromatic rings. The SMILES string of the molecule is Nc1ncnc2c1c(=O)ccn2S. The highest BCUT2D eigenvalue weighted by molar-refractivity contribution is 7.78. The van der Waals surface area contributed by atoms with Gasteiger partial charge in [0.25, 0.3) is 0 Å². The molecule has 2 N–H and O–H groups in total. The number of thiol groups is 1. The first kappa shape index (κ1) is 8.06. The lowest BCUT2D eigenvalue weighted by Crippen LogP contribution is -2.08. The molecule has 6 heteroatoms. The Morgan fingerprint density at radius 2 is 2.23 bits per heavy atom. The molecule has 13 heavy (non-hydrogen) atoms. The van der Waals surface area contributed by atoms with Crippen LogP contribution in [0.2, 0.25) is 0 Å². The fourth-order valence-corrected chi connectivity index (χ4v) is 1.31. The van der Waals surface area contributed by atoms with Crippen molar-refractivity contribution in [3.8, 4) is 0 Å². The fourth-order valence-electron chi connectivity index (χ4n) is 1.09. The molecule has 2 rings (SSSR count). The number of aromatic nitrogens is 3. The molecule has 2 heterocycles. The monoisotopic (exact) mass is 194 g/mol. The van der Waals surface area contributed by atoms with Crippen molar-refractivity contribution in [3.63, 3.8) is 0 Å². The van der Waals surface area contributed by atoms with Crippen molar-refractivity contribution < 1.29 is 0 Å². The third kappa shape index (κ3) is 1.15. The van der Waals surface area contributed by atoms with E-state index in [1.54, 1.807) is 0 Å². The van der Waals surface area contributed by atoms with Crippen LogP contribution in [0.4, 0.5) is 5.82 Å². The van der Waals surface area contributed by atoms with Crippen LogP contribution in [0.15, 0.2) is 23.4 Å². The van der Waals surface area contributed by atoms with Crippen LogP contribution in [0, 0.1) is 0 Å². The number of pyridine rings is 1. The average Bonchev–Trinajstić information content (AvgIpc) is 2.12. The largest absolute Gasteiger partial charge is 0.383 e. The number of hydrogen-bond donors (Lipinski definition) is 2. The Hall–Kier alpha value is -1.56. The summed E-state index contributed by atoms with van der Waals surface area (Å²) in [5.41, 5.74) is 5.75. The molecule has 66 valence electrons. The minimum atomic E-state index is -0.196. The highest BCUT2D eigenvalue weighted by Gasteiger charge is 2.05. The van der Waals surface area contributed by atoms with Gasteiger partial charge < -0.3 is 5.73 Å². The van der Waals surface area contributed by atoms with Crippen LogP contribution < -0.4 is 11.2 Å². The van der Waals surface area contributed by atoms with Crippen molar-refractivity contribution >= 4 is 29.7 Å². The minimum Gasteiger partial charge on any atom is -0.383 e.